The highest BCUT2D eigenvalue weighted by atomic mass is 32.2. The van der Waals surface area contributed by atoms with Crippen LogP contribution in [0.25, 0.3) is 0 Å². The van der Waals surface area contributed by atoms with E-state index in [1.54, 1.807) is 12.3 Å². The fourth-order valence-corrected chi connectivity index (χ4v) is 4.67. The van der Waals surface area contributed by atoms with Gasteiger partial charge in [0.25, 0.3) is 10.0 Å². The molecule has 0 saturated carbocycles. The van der Waals surface area contributed by atoms with E-state index < -0.39 is 15.8 Å². The molecule has 1 aromatic heterocycles. The number of hydrogen-bond acceptors (Lipinski definition) is 5. The van der Waals surface area contributed by atoms with Crippen LogP contribution in [0.3, 0.4) is 0 Å². The zero-order valence-corrected chi connectivity index (χ0v) is 13.1. The molecule has 114 valence electrons. The number of rotatable bonds is 5. The van der Waals surface area contributed by atoms with E-state index in [4.69, 9.17) is 10.5 Å². The third-order valence-electron chi connectivity index (χ3n) is 2.85. The average molecular weight is 330 g/mol. The molecule has 2 rings (SSSR count). The molecule has 0 unspecified atom stereocenters. The Morgan fingerprint density at radius 2 is 2.14 bits per heavy atom. The van der Waals surface area contributed by atoms with Crippen LogP contribution in [-0.4, -0.2) is 15.5 Å². The number of nitrogens with two attached hydrogens (primary N) is 1. The van der Waals surface area contributed by atoms with E-state index in [0.29, 0.717) is 10.4 Å². The Morgan fingerprint density at radius 1 is 1.43 bits per heavy atom. The van der Waals surface area contributed by atoms with E-state index in [-0.39, 0.29) is 22.9 Å². The molecule has 0 saturated heterocycles. The summed E-state index contributed by atoms with van der Waals surface area (Å²) in [4.78, 5) is 0.757. The second kappa shape index (κ2) is 6.00. The van der Waals surface area contributed by atoms with Crippen molar-refractivity contribution >= 4 is 27.0 Å². The fourth-order valence-electron chi connectivity index (χ4n) is 1.92. The van der Waals surface area contributed by atoms with Gasteiger partial charge in [-0.1, -0.05) is 0 Å². The molecule has 1 aromatic carbocycles. The minimum absolute atomic E-state index is 0.0312. The molecular formula is C13H15FN2O3S2. The molecule has 21 heavy (non-hydrogen) atoms. The monoisotopic (exact) mass is 330 g/mol. The standard InChI is InChI=1S/C13H15FN2O3S2/c1-8-7-20-12(6-15)13(8)21(17,18)16-9-3-4-10(14)11(5-9)19-2/h3-5,7,16H,6,15H2,1-2H3. The van der Waals surface area contributed by atoms with Crippen molar-refractivity contribution < 1.29 is 17.5 Å². The molecule has 0 amide bonds. The molecule has 5 nitrogen and oxygen atoms in total. The molecule has 0 spiro atoms. The maximum absolute atomic E-state index is 13.3. The van der Waals surface area contributed by atoms with Crippen molar-refractivity contribution in [2.75, 3.05) is 11.8 Å². The van der Waals surface area contributed by atoms with E-state index in [1.165, 1.54) is 30.6 Å². The normalized spacial score (nSPS) is 11.4. The van der Waals surface area contributed by atoms with E-state index in [1.807, 2.05) is 0 Å². The number of halogens is 1. The minimum Gasteiger partial charge on any atom is -0.494 e. The molecular weight excluding hydrogens is 315 g/mol. The Labute approximate surface area is 126 Å². The van der Waals surface area contributed by atoms with Crippen molar-refractivity contribution in [3.8, 4) is 5.75 Å². The zero-order chi connectivity index (χ0) is 15.6. The molecule has 0 radical (unpaired) electrons. The van der Waals surface area contributed by atoms with Gasteiger partial charge in [0.1, 0.15) is 4.90 Å². The van der Waals surface area contributed by atoms with Crippen LogP contribution in [0.1, 0.15) is 10.4 Å². The maximum atomic E-state index is 13.3. The number of hydrogen-bond donors (Lipinski definition) is 2. The minimum atomic E-state index is -3.78. The number of aryl methyl sites for hydroxylation is 1. The third kappa shape index (κ3) is 3.17. The van der Waals surface area contributed by atoms with Gasteiger partial charge in [0, 0.05) is 17.5 Å². The topological polar surface area (TPSA) is 81.4 Å². The zero-order valence-electron chi connectivity index (χ0n) is 11.5. The number of nitrogens with one attached hydrogen (secondary N) is 1. The highest BCUT2D eigenvalue weighted by Gasteiger charge is 2.22. The van der Waals surface area contributed by atoms with E-state index >= 15 is 0 Å². The van der Waals surface area contributed by atoms with Crippen molar-refractivity contribution in [1.82, 2.24) is 0 Å². The number of anilines is 1. The van der Waals surface area contributed by atoms with Crippen LogP contribution in [0.15, 0.2) is 28.5 Å². The van der Waals surface area contributed by atoms with Crippen LogP contribution in [0.4, 0.5) is 10.1 Å². The SMILES string of the molecule is COc1cc(NS(=O)(=O)c2c(C)csc2CN)ccc1F. The molecule has 0 aliphatic carbocycles. The Kier molecular flexibility index (Phi) is 4.50. The molecule has 1 heterocycles. The summed E-state index contributed by atoms with van der Waals surface area (Å²) in [6.45, 7) is 1.84. The van der Waals surface area contributed by atoms with Crippen LogP contribution in [0.5, 0.6) is 5.75 Å². The average Bonchev–Trinajstić information content (AvgIpc) is 2.82. The van der Waals surface area contributed by atoms with Gasteiger partial charge < -0.3 is 10.5 Å². The predicted molar refractivity (Wildman–Crippen MR) is 80.7 cm³/mol. The second-order valence-electron chi connectivity index (χ2n) is 4.33. The highest BCUT2D eigenvalue weighted by Crippen LogP contribution is 2.29. The molecule has 2 aromatic rings. The van der Waals surface area contributed by atoms with Gasteiger partial charge >= 0.3 is 0 Å². The van der Waals surface area contributed by atoms with Gasteiger partial charge in [0.2, 0.25) is 0 Å². The molecule has 0 bridgehead atoms. The lowest BCUT2D eigenvalue weighted by Crippen LogP contribution is -2.16. The van der Waals surface area contributed by atoms with Crippen LogP contribution in [-0.2, 0) is 16.6 Å². The van der Waals surface area contributed by atoms with Crippen molar-refractivity contribution in [3.63, 3.8) is 0 Å². The first-order valence-corrected chi connectivity index (χ1v) is 8.38. The van der Waals surface area contributed by atoms with Gasteiger partial charge in [-0.25, -0.2) is 12.8 Å². The number of thiophene rings is 1. The first-order valence-electron chi connectivity index (χ1n) is 6.02. The largest absolute Gasteiger partial charge is 0.494 e. The van der Waals surface area contributed by atoms with Gasteiger partial charge in [-0.05, 0) is 30.0 Å². The summed E-state index contributed by atoms with van der Waals surface area (Å²) in [5, 5.41) is 1.74. The van der Waals surface area contributed by atoms with E-state index in [2.05, 4.69) is 4.72 Å². The van der Waals surface area contributed by atoms with Crippen molar-refractivity contribution in [3.05, 3.63) is 39.8 Å². The molecule has 0 atom stereocenters. The first-order chi connectivity index (χ1) is 9.89. The molecule has 3 N–H and O–H groups in total. The summed E-state index contributed by atoms with van der Waals surface area (Å²) in [5.41, 5.74) is 6.42. The van der Waals surface area contributed by atoms with Crippen LogP contribution < -0.4 is 15.2 Å². The molecule has 8 heteroatoms. The molecule has 0 fully saturated rings. The van der Waals surface area contributed by atoms with Gasteiger partial charge in [-0.2, -0.15) is 0 Å². The van der Waals surface area contributed by atoms with Crippen molar-refractivity contribution in [1.29, 1.82) is 0 Å². The maximum Gasteiger partial charge on any atom is 0.263 e. The predicted octanol–water partition coefficient (Wildman–Crippen LogP) is 2.46. The third-order valence-corrected chi connectivity index (χ3v) is 5.71. The number of ether oxygens (including phenoxy) is 1. The Morgan fingerprint density at radius 3 is 2.76 bits per heavy atom. The van der Waals surface area contributed by atoms with Gasteiger partial charge in [-0.3, -0.25) is 4.72 Å². The summed E-state index contributed by atoms with van der Waals surface area (Å²) in [5.74, 6) is -0.592. The number of sulfonamides is 1. The van der Waals surface area contributed by atoms with Crippen LogP contribution in [0.2, 0.25) is 0 Å². The van der Waals surface area contributed by atoms with E-state index in [0.717, 1.165) is 6.07 Å². The van der Waals surface area contributed by atoms with Gasteiger partial charge in [-0.15, -0.1) is 11.3 Å². The van der Waals surface area contributed by atoms with Crippen molar-refractivity contribution in [2.45, 2.75) is 18.4 Å². The quantitative estimate of drug-likeness (QED) is 0.882. The van der Waals surface area contributed by atoms with E-state index in [9.17, 15) is 12.8 Å². The number of benzene rings is 1. The molecule has 0 aliphatic rings. The highest BCUT2D eigenvalue weighted by molar-refractivity contribution is 7.93. The smallest absolute Gasteiger partial charge is 0.263 e. The Bertz CT molecular complexity index is 757. The summed E-state index contributed by atoms with van der Waals surface area (Å²) in [7, 11) is -2.47. The summed E-state index contributed by atoms with van der Waals surface area (Å²) >= 11 is 1.29. The first kappa shape index (κ1) is 15.7. The second-order valence-corrected chi connectivity index (χ2v) is 6.91. The lowest BCUT2D eigenvalue weighted by molar-refractivity contribution is 0.387. The van der Waals surface area contributed by atoms with Crippen LogP contribution in [0, 0.1) is 12.7 Å². The summed E-state index contributed by atoms with van der Waals surface area (Å²) in [6.07, 6.45) is 0. The molecule has 0 aliphatic heterocycles. The Hall–Kier alpha value is -1.64. The van der Waals surface area contributed by atoms with Crippen molar-refractivity contribution in [2.24, 2.45) is 5.73 Å². The van der Waals surface area contributed by atoms with Crippen LogP contribution >= 0.6 is 11.3 Å². The summed E-state index contributed by atoms with van der Waals surface area (Å²) < 4.78 is 45.5. The fraction of sp³-hybridized carbons (Fsp3) is 0.231. The van der Waals surface area contributed by atoms with Gasteiger partial charge in [0.15, 0.2) is 11.6 Å². The lowest BCUT2D eigenvalue weighted by Gasteiger charge is -2.11. The lowest BCUT2D eigenvalue weighted by atomic mass is 10.3. The number of methoxy groups -OCH3 is 1. The van der Waals surface area contributed by atoms with Gasteiger partial charge in [0.05, 0.1) is 12.8 Å². The summed E-state index contributed by atoms with van der Waals surface area (Å²) in [6, 6.07) is 3.76. The Balaban J connectivity index is 2.40.